The Bertz CT molecular complexity index is 542. The molecule has 0 radical (unpaired) electrons. The summed E-state index contributed by atoms with van der Waals surface area (Å²) < 4.78 is 7.33. The first-order valence-electron chi connectivity index (χ1n) is 5.15. The molecule has 0 aliphatic rings. The van der Waals surface area contributed by atoms with Crippen LogP contribution in [0.1, 0.15) is 0 Å². The van der Waals surface area contributed by atoms with Crippen LogP contribution in [0.5, 0.6) is 5.75 Å². The first-order valence-corrected chi connectivity index (χ1v) is 5.94. The van der Waals surface area contributed by atoms with Crippen LogP contribution in [0, 0.1) is 0 Å². The van der Waals surface area contributed by atoms with Crippen molar-refractivity contribution < 1.29 is 9.53 Å². The number of carbonyl (C=O) groups excluding carboxylic acids is 1. The summed E-state index contributed by atoms with van der Waals surface area (Å²) in [5.41, 5.74) is 0.652. The van der Waals surface area contributed by atoms with Crippen LogP contribution in [0.15, 0.2) is 35.3 Å². The second kappa shape index (κ2) is 5.63. The van der Waals surface area contributed by atoms with Crippen LogP contribution < -0.4 is 10.1 Å². The first-order chi connectivity index (χ1) is 8.69. The zero-order chi connectivity index (χ0) is 13.0. The maximum Gasteiger partial charge on any atom is 0.246 e. The standard InChI is InChI=1S/C11H11BrN4O2/c1-18-8-2-3-9(12)10(4-8)15-11(17)5-16-7-13-6-14-16/h2-4,6-7H,5H2,1H3,(H,15,17). The Hall–Kier alpha value is -1.89. The van der Waals surface area contributed by atoms with E-state index in [1.807, 2.05) is 6.07 Å². The number of aromatic nitrogens is 3. The smallest absolute Gasteiger partial charge is 0.246 e. The van der Waals surface area contributed by atoms with Gasteiger partial charge in [-0.2, -0.15) is 5.10 Å². The molecule has 7 heteroatoms. The summed E-state index contributed by atoms with van der Waals surface area (Å²) in [5.74, 6) is 0.490. The third-order valence-corrected chi connectivity index (χ3v) is 2.91. The van der Waals surface area contributed by atoms with Gasteiger partial charge >= 0.3 is 0 Å². The normalized spacial score (nSPS) is 10.1. The van der Waals surface area contributed by atoms with E-state index in [4.69, 9.17) is 4.74 Å². The van der Waals surface area contributed by atoms with Gasteiger partial charge in [-0.25, -0.2) is 9.67 Å². The van der Waals surface area contributed by atoms with Crippen LogP contribution in [0.4, 0.5) is 5.69 Å². The fourth-order valence-electron chi connectivity index (χ4n) is 1.38. The van der Waals surface area contributed by atoms with Crippen LogP contribution in [0.25, 0.3) is 0 Å². The van der Waals surface area contributed by atoms with Gasteiger partial charge in [0.15, 0.2) is 0 Å². The number of nitrogens with zero attached hydrogens (tertiary/aromatic N) is 3. The summed E-state index contributed by atoms with van der Waals surface area (Å²) >= 11 is 3.36. The van der Waals surface area contributed by atoms with Crippen LogP contribution in [0.2, 0.25) is 0 Å². The van der Waals surface area contributed by atoms with E-state index in [-0.39, 0.29) is 12.5 Å². The van der Waals surface area contributed by atoms with E-state index < -0.39 is 0 Å². The highest BCUT2D eigenvalue weighted by molar-refractivity contribution is 9.10. The molecular formula is C11H11BrN4O2. The van der Waals surface area contributed by atoms with E-state index in [0.717, 1.165) is 4.47 Å². The van der Waals surface area contributed by atoms with Crippen molar-refractivity contribution in [1.82, 2.24) is 14.8 Å². The zero-order valence-electron chi connectivity index (χ0n) is 9.63. The lowest BCUT2D eigenvalue weighted by Crippen LogP contribution is -2.19. The lowest BCUT2D eigenvalue weighted by molar-refractivity contribution is -0.116. The predicted molar refractivity (Wildman–Crippen MR) is 69.3 cm³/mol. The lowest BCUT2D eigenvalue weighted by Gasteiger charge is -2.09. The van der Waals surface area contributed by atoms with Gasteiger partial charge in [0, 0.05) is 10.5 Å². The molecule has 18 heavy (non-hydrogen) atoms. The number of ether oxygens (including phenoxy) is 1. The Morgan fingerprint density at radius 1 is 1.56 bits per heavy atom. The molecule has 0 unspecified atom stereocenters. The number of rotatable bonds is 4. The van der Waals surface area contributed by atoms with Gasteiger partial charge < -0.3 is 10.1 Å². The number of hydrogen-bond acceptors (Lipinski definition) is 4. The predicted octanol–water partition coefficient (Wildman–Crippen LogP) is 1.69. The molecule has 1 N–H and O–H groups in total. The number of amides is 1. The molecule has 94 valence electrons. The molecule has 0 saturated heterocycles. The van der Waals surface area contributed by atoms with Crippen LogP contribution in [-0.4, -0.2) is 27.8 Å². The van der Waals surface area contributed by atoms with Crippen molar-refractivity contribution in [2.45, 2.75) is 6.54 Å². The van der Waals surface area contributed by atoms with Gasteiger partial charge in [0.1, 0.15) is 24.9 Å². The average Bonchev–Trinajstić information content (AvgIpc) is 2.84. The fraction of sp³-hybridized carbons (Fsp3) is 0.182. The number of nitrogens with one attached hydrogen (secondary N) is 1. The summed E-state index contributed by atoms with van der Waals surface area (Å²) in [6.45, 7) is 0.115. The van der Waals surface area contributed by atoms with E-state index in [1.165, 1.54) is 17.3 Å². The van der Waals surface area contributed by atoms with E-state index in [9.17, 15) is 4.79 Å². The molecule has 1 aromatic carbocycles. The molecule has 1 aromatic heterocycles. The third-order valence-electron chi connectivity index (χ3n) is 2.22. The molecule has 1 heterocycles. The maximum atomic E-state index is 11.8. The molecule has 0 aliphatic carbocycles. The Morgan fingerprint density at radius 2 is 2.39 bits per heavy atom. The molecule has 2 rings (SSSR count). The lowest BCUT2D eigenvalue weighted by atomic mass is 10.3. The summed E-state index contributed by atoms with van der Waals surface area (Å²) in [4.78, 5) is 15.5. The van der Waals surface area contributed by atoms with Crippen molar-refractivity contribution in [2.75, 3.05) is 12.4 Å². The molecule has 0 spiro atoms. The van der Waals surface area contributed by atoms with E-state index in [2.05, 4.69) is 31.3 Å². The van der Waals surface area contributed by atoms with Gasteiger partial charge in [0.25, 0.3) is 0 Å². The molecule has 0 aliphatic heterocycles. The summed E-state index contributed by atoms with van der Waals surface area (Å²) in [5, 5.41) is 6.63. The average molecular weight is 311 g/mol. The van der Waals surface area contributed by atoms with E-state index in [1.54, 1.807) is 19.2 Å². The van der Waals surface area contributed by atoms with Crippen molar-refractivity contribution in [1.29, 1.82) is 0 Å². The Labute approximate surface area is 112 Å². The maximum absolute atomic E-state index is 11.8. The highest BCUT2D eigenvalue weighted by atomic mass is 79.9. The zero-order valence-corrected chi connectivity index (χ0v) is 11.2. The van der Waals surface area contributed by atoms with Crippen molar-refractivity contribution >= 4 is 27.5 Å². The minimum absolute atomic E-state index is 0.115. The molecule has 1 amide bonds. The molecular weight excluding hydrogens is 300 g/mol. The second-order valence-electron chi connectivity index (χ2n) is 3.49. The fourth-order valence-corrected chi connectivity index (χ4v) is 1.72. The van der Waals surface area contributed by atoms with E-state index >= 15 is 0 Å². The van der Waals surface area contributed by atoms with Gasteiger partial charge in [-0.1, -0.05) is 0 Å². The Morgan fingerprint density at radius 3 is 3.06 bits per heavy atom. The topological polar surface area (TPSA) is 69.0 Å². The number of halogens is 1. The third kappa shape index (κ3) is 3.07. The summed E-state index contributed by atoms with van der Waals surface area (Å²) in [6, 6.07) is 5.35. The molecule has 0 saturated carbocycles. The summed E-state index contributed by atoms with van der Waals surface area (Å²) in [7, 11) is 1.57. The van der Waals surface area contributed by atoms with Gasteiger partial charge in [-0.15, -0.1) is 0 Å². The van der Waals surface area contributed by atoms with Crippen LogP contribution in [0.3, 0.4) is 0 Å². The van der Waals surface area contributed by atoms with Gasteiger partial charge in [0.05, 0.1) is 12.8 Å². The van der Waals surface area contributed by atoms with Crippen molar-refractivity contribution in [3.05, 3.63) is 35.3 Å². The van der Waals surface area contributed by atoms with E-state index in [0.29, 0.717) is 11.4 Å². The molecule has 0 atom stereocenters. The Kier molecular flexibility index (Phi) is 3.93. The highest BCUT2D eigenvalue weighted by Crippen LogP contribution is 2.26. The number of methoxy groups -OCH3 is 1. The quantitative estimate of drug-likeness (QED) is 0.933. The molecule has 0 bridgehead atoms. The van der Waals surface area contributed by atoms with Crippen molar-refractivity contribution in [3.8, 4) is 5.75 Å². The number of benzene rings is 1. The van der Waals surface area contributed by atoms with Gasteiger partial charge in [-0.05, 0) is 28.1 Å². The van der Waals surface area contributed by atoms with Crippen molar-refractivity contribution in [3.63, 3.8) is 0 Å². The first kappa shape index (κ1) is 12.6. The Balaban J connectivity index is 2.06. The van der Waals surface area contributed by atoms with Gasteiger partial charge in [-0.3, -0.25) is 4.79 Å². The monoisotopic (exact) mass is 310 g/mol. The SMILES string of the molecule is COc1ccc(Br)c(NC(=O)Cn2cncn2)c1. The van der Waals surface area contributed by atoms with Crippen LogP contribution >= 0.6 is 15.9 Å². The number of anilines is 1. The highest BCUT2D eigenvalue weighted by Gasteiger charge is 2.07. The van der Waals surface area contributed by atoms with Gasteiger partial charge in [0.2, 0.25) is 5.91 Å². The molecule has 2 aromatic rings. The van der Waals surface area contributed by atoms with Crippen molar-refractivity contribution in [2.24, 2.45) is 0 Å². The second-order valence-corrected chi connectivity index (χ2v) is 4.34. The molecule has 0 fully saturated rings. The molecule has 6 nitrogen and oxygen atoms in total. The number of carbonyl (C=O) groups is 1. The minimum atomic E-state index is -0.186. The van der Waals surface area contributed by atoms with Crippen LogP contribution in [-0.2, 0) is 11.3 Å². The minimum Gasteiger partial charge on any atom is -0.497 e. The summed E-state index contributed by atoms with van der Waals surface area (Å²) in [6.07, 6.45) is 2.87. The number of hydrogen-bond donors (Lipinski definition) is 1. The largest absolute Gasteiger partial charge is 0.497 e.